The van der Waals surface area contributed by atoms with Gasteiger partial charge in [-0.1, -0.05) is 22.0 Å². The van der Waals surface area contributed by atoms with Gasteiger partial charge in [-0.25, -0.2) is 12.8 Å². The number of nitrogens with one attached hydrogen (secondary N) is 1. The fourth-order valence-electron chi connectivity index (χ4n) is 1.63. The first-order valence-electron chi connectivity index (χ1n) is 5.70. The smallest absolute Gasteiger partial charge is 0.264 e. The van der Waals surface area contributed by atoms with E-state index in [4.69, 9.17) is 5.11 Å². The highest BCUT2D eigenvalue weighted by atomic mass is 79.9. The SMILES string of the molecule is O=S(=O)(Nc1ccc(Br)cc1Br)c1ccc(CO)cc1F. The van der Waals surface area contributed by atoms with E-state index in [1.165, 1.54) is 6.07 Å². The summed E-state index contributed by atoms with van der Waals surface area (Å²) in [5.41, 5.74) is 0.597. The Morgan fingerprint density at radius 3 is 2.43 bits per heavy atom. The average molecular weight is 439 g/mol. The van der Waals surface area contributed by atoms with Crippen LogP contribution in [0.1, 0.15) is 5.56 Å². The number of hydrogen-bond acceptors (Lipinski definition) is 3. The monoisotopic (exact) mass is 437 g/mol. The van der Waals surface area contributed by atoms with Gasteiger partial charge in [0.1, 0.15) is 10.7 Å². The largest absolute Gasteiger partial charge is 0.392 e. The molecule has 0 unspecified atom stereocenters. The third-order valence-corrected chi connectivity index (χ3v) is 5.19. The number of aliphatic hydroxyl groups is 1. The molecule has 0 saturated heterocycles. The summed E-state index contributed by atoms with van der Waals surface area (Å²) in [7, 11) is -4.06. The van der Waals surface area contributed by atoms with Gasteiger partial charge in [-0.2, -0.15) is 0 Å². The Bertz CT molecular complexity index is 781. The summed E-state index contributed by atoms with van der Waals surface area (Å²) in [6.45, 7) is -0.358. The van der Waals surface area contributed by atoms with Crippen molar-refractivity contribution in [1.29, 1.82) is 0 Å². The summed E-state index contributed by atoms with van der Waals surface area (Å²) >= 11 is 6.49. The third kappa shape index (κ3) is 3.82. The van der Waals surface area contributed by atoms with Crippen LogP contribution in [0.15, 0.2) is 50.2 Å². The van der Waals surface area contributed by atoms with E-state index in [2.05, 4.69) is 36.6 Å². The summed E-state index contributed by atoms with van der Waals surface area (Å²) < 4.78 is 41.9. The molecule has 0 saturated carbocycles. The second-order valence-electron chi connectivity index (χ2n) is 4.15. The molecule has 4 nitrogen and oxygen atoms in total. The number of rotatable bonds is 4. The predicted molar refractivity (Wildman–Crippen MR) is 85.0 cm³/mol. The van der Waals surface area contributed by atoms with Crippen LogP contribution in [0.2, 0.25) is 0 Å². The molecule has 0 bridgehead atoms. The quantitative estimate of drug-likeness (QED) is 0.765. The van der Waals surface area contributed by atoms with Gasteiger partial charge in [-0.3, -0.25) is 4.72 Å². The van der Waals surface area contributed by atoms with Crippen molar-refractivity contribution >= 4 is 47.6 Å². The molecule has 0 aliphatic rings. The maximum atomic E-state index is 13.9. The molecule has 0 aliphatic heterocycles. The van der Waals surface area contributed by atoms with Crippen molar-refractivity contribution in [2.75, 3.05) is 4.72 Å². The van der Waals surface area contributed by atoms with Crippen LogP contribution >= 0.6 is 31.9 Å². The number of benzene rings is 2. The van der Waals surface area contributed by atoms with Gasteiger partial charge in [0.05, 0.1) is 12.3 Å². The van der Waals surface area contributed by atoms with Crippen LogP contribution in [0.3, 0.4) is 0 Å². The molecule has 0 radical (unpaired) electrons. The molecular formula is C13H10Br2FNO3S. The Morgan fingerprint density at radius 2 is 1.86 bits per heavy atom. The lowest BCUT2D eigenvalue weighted by Gasteiger charge is -2.11. The van der Waals surface area contributed by atoms with Gasteiger partial charge in [0, 0.05) is 8.95 Å². The van der Waals surface area contributed by atoms with E-state index in [9.17, 15) is 12.8 Å². The minimum absolute atomic E-state index is 0.295. The Hall–Kier alpha value is -0.960. The molecule has 0 spiro atoms. The van der Waals surface area contributed by atoms with Crippen LogP contribution in [0.5, 0.6) is 0 Å². The van der Waals surface area contributed by atoms with Crippen LogP contribution in [-0.2, 0) is 16.6 Å². The highest BCUT2D eigenvalue weighted by molar-refractivity contribution is 9.11. The lowest BCUT2D eigenvalue weighted by Crippen LogP contribution is -2.15. The van der Waals surface area contributed by atoms with Crippen LogP contribution in [0.4, 0.5) is 10.1 Å². The van der Waals surface area contributed by atoms with Gasteiger partial charge in [0.2, 0.25) is 0 Å². The van der Waals surface area contributed by atoms with E-state index < -0.39 is 20.7 Å². The van der Waals surface area contributed by atoms with E-state index in [1.807, 2.05) is 0 Å². The van der Waals surface area contributed by atoms with Gasteiger partial charge in [0.15, 0.2) is 0 Å². The summed E-state index contributed by atoms with van der Waals surface area (Å²) in [6, 6.07) is 8.35. The maximum absolute atomic E-state index is 13.9. The standard InChI is InChI=1S/C13H10Br2FNO3S/c14-9-2-3-12(10(15)6-9)17-21(19,20)13-4-1-8(7-18)5-11(13)16/h1-6,17-18H,7H2. The molecule has 0 heterocycles. The zero-order valence-electron chi connectivity index (χ0n) is 10.5. The van der Waals surface area contributed by atoms with Crippen molar-refractivity contribution in [1.82, 2.24) is 0 Å². The van der Waals surface area contributed by atoms with E-state index in [0.717, 1.165) is 16.6 Å². The second kappa shape index (κ2) is 6.43. The van der Waals surface area contributed by atoms with Crippen LogP contribution in [-0.4, -0.2) is 13.5 Å². The van der Waals surface area contributed by atoms with Crippen molar-refractivity contribution < 1.29 is 17.9 Å². The van der Waals surface area contributed by atoms with Crippen LogP contribution in [0.25, 0.3) is 0 Å². The molecule has 0 fully saturated rings. The summed E-state index contributed by atoms with van der Waals surface area (Å²) in [5, 5.41) is 8.91. The molecule has 2 aromatic carbocycles. The van der Waals surface area contributed by atoms with Gasteiger partial charge in [-0.15, -0.1) is 0 Å². The normalized spacial score (nSPS) is 11.4. The van der Waals surface area contributed by atoms with Crippen molar-refractivity contribution in [3.63, 3.8) is 0 Å². The third-order valence-electron chi connectivity index (χ3n) is 2.64. The van der Waals surface area contributed by atoms with Crippen molar-refractivity contribution in [3.8, 4) is 0 Å². The minimum atomic E-state index is -4.06. The lowest BCUT2D eigenvalue weighted by atomic mass is 10.2. The Kier molecular flexibility index (Phi) is 5.03. The van der Waals surface area contributed by atoms with Crippen molar-refractivity contribution in [3.05, 3.63) is 56.7 Å². The molecule has 0 aromatic heterocycles. The number of anilines is 1. The van der Waals surface area contributed by atoms with Crippen molar-refractivity contribution in [2.45, 2.75) is 11.5 Å². The highest BCUT2D eigenvalue weighted by Crippen LogP contribution is 2.28. The molecule has 112 valence electrons. The van der Waals surface area contributed by atoms with Crippen molar-refractivity contribution in [2.24, 2.45) is 0 Å². The first-order valence-corrected chi connectivity index (χ1v) is 8.77. The van der Waals surface area contributed by atoms with E-state index >= 15 is 0 Å². The molecular weight excluding hydrogens is 429 g/mol. The van der Waals surface area contributed by atoms with Crippen LogP contribution in [0, 0.1) is 5.82 Å². The zero-order valence-corrected chi connectivity index (χ0v) is 14.5. The first-order chi connectivity index (χ1) is 9.83. The molecule has 21 heavy (non-hydrogen) atoms. The zero-order chi connectivity index (χ0) is 15.6. The molecule has 2 rings (SSSR count). The fraction of sp³-hybridized carbons (Fsp3) is 0.0769. The van der Waals surface area contributed by atoms with Gasteiger partial charge >= 0.3 is 0 Å². The van der Waals surface area contributed by atoms with E-state index in [1.54, 1.807) is 18.2 Å². The fourth-order valence-corrected chi connectivity index (χ4v) is 4.05. The molecule has 0 amide bonds. The van der Waals surface area contributed by atoms with E-state index in [0.29, 0.717) is 15.7 Å². The van der Waals surface area contributed by atoms with Gasteiger partial charge < -0.3 is 5.11 Å². The highest BCUT2D eigenvalue weighted by Gasteiger charge is 2.20. The molecule has 2 N–H and O–H groups in total. The maximum Gasteiger partial charge on any atom is 0.264 e. The summed E-state index contributed by atoms with van der Waals surface area (Å²) in [4.78, 5) is -0.477. The van der Waals surface area contributed by atoms with Crippen LogP contribution < -0.4 is 4.72 Å². The predicted octanol–water partition coefficient (Wildman–Crippen LogP) is 3.64. The summed E-state index contributed by atoms with van der Waals surface area (Å²) in [5.74, 6) is -0.915. The molecule has 0 aliphatic carbocycles. The molecule has 8 heteroatoms. The molecule has 2 aromatic rings. The number of sulfonamides is 1. The van der Waals surface area contributed by atoms with Gasteiger partial charge in [0.25, 0.3) is 10.0 Å². The number of halogens is 3. The molecule has 0 atom stereocenters. The number of aliphatic hydroxyl groups excluding tert-OH is 1. The average Bonchev–Trinajstić information content (AvgIpc) is 2.41. The summed E-state index contributed by atoms with van der Waals surface area (Å²) in [6.07, 6.45) is 0. The number of hydrogen-bond donors (Lipinski definition) is 2. The Balaban J connectivity index is 2.38. The topological polar surface area (TPSA) is 66.4 Å². The minimum Gasteiger partial charge on any atom is -0.392 e. The Morgan fingerprint density at radius 1 is 1.14 bits per heavy atom. The van der Waals surface area contributed by atoms with Gasteiger partial charge in [-0.05, 0) is 51.8 Å². The second-order valence-corrected chi connectivity index (χ2v) is 7.57. The van der Waals surface area contributed by atoms with E-state index in [-0.39, 0.29) is 6.61 Å². The Labute approximate surface area is 138 Å². The first kappa shape index (κ1) is 16.4. The lowest BCUT2D eigenvalue weighted by molar-refractivity contribution is 0.281.